The summed E-state index contributed by atoms with van der Waals surface area (Å²) in [6, 6.07) is -0.472. The van der Waals surface area contributed by atoms with Gasteiger partial charge in [0.2, 0.25) is 0 Å². The first-order valence-electron chi connectivity index (χ1n) is 6.85. The molecule has 2 rings (SSSR count). The third-order valence-corrected chi connectivity index (χ3v) is 5.78. The van der Waals surface area contributed by atoms with E-state index in [1.807, 2.05) is 25.8 Å². The number of aromatic nitrogens is 2. The molecule has 118 valence electrons. The Hall–Kier alpha value is -1.41. The Morgan fingerprint density at radius 1 is 1.43 bits per heavy atom. The van der Waals surface area contributed by atoms with Crippen LogP contribution in [0.2, 0.25) is 0 Å². The number of aliphatic carboxylic acids is 1. The first kappa shape index (κ1) is 16.0. The molecule has 0 saturated carbocycles. The van der Waals surface area contributed by atoms with Gasteiger partial charge in [0.15, 0.2) is 9.84 Å². The van der Waals surface area contributed by atoms with Gasteiger partial charge in [-0.1, -0.05) is 0 Å². The molecule has 1 saturated heterocycles. The summed E-state index contributed by atoms with van der Waals surface area (Å²) in [7, 11) is -1.28. The Bertz CT molecular complexity index is 651. The highest BCUT2D eigenvalue weighted by Gasteiger charge is 2.33. The summed E-state index contributed by atoms with van der Waals surface area (Å²) in [6.45, 7) is 4.78. The molecule has 1 aromatic rings. The van der Waals surface area contributed by atoms with Gasteiger partial charge < -0.3 is 5.11 Å². The minimum absolute atomic E-state index is 0.0848. The zero-order valence-corrected chi connectivity index (χ0v) is 13.4. The minimum Gasteiger partial charge on any atom is -0.481 e. The maximum atomic E-state index is 11.7. The molecule has 0 aliphatic carbocycles. The average Bonchev–Trinajstić information content (AvgIpc) is 2.57. The Morgan fingerprint density at radius 2 is 2.10 bits per heavy atom. The van der Waals surface area contributed by atoms with E-state index < -0.39 is 21.8 Å². The van der Waals surface area contributed by atoms with Gasteiger partial charge in [0.1, 0.15) is 0 Å². The summed E-state index contributed by atoms with van der Waals surface area (Å²) < 4.78 is 25.3. The van der Waals surface area contributed by atoms with Crippen LogP contribution >= 0.6 is 0 Å². The number of carboxylic acid groups (broad SMARTS) is 1. The molecule has 21 heavy (non-hydrogen) atoms. The average molecular weight is 315 g/mol. The lowest BCUT2D eigenvalue weighted by Crippen LogP contribution is -2.48. The van der Waals surface area contributed by atoms with Crippen molar-refractivity contribution in [3.63, 3.8) is 0 Å². The Morgan fingerprint density at radius 3 is 2.62 bits per heavy atom. The molecular weight excluding hydrogens is 294 g/mol. The number of hydrogen-bond donors (Lipinski definition) is 1. The van der Waals surface area contributed by atoms with Crippen LogP contribution in [0.5, 0.6) is 0 Å². The quantitative estimate of drug-likeness (QED) is 0.848. The molecule has 1 aromatic heterocycles. The summed E-state index contributed by atoms with van der Waals surface area (Å²) in [5.41, 5.74) is 2.97. The largest absolute Gasteiger partial charge is 0.481 e. The van der Waals surface area contributed by atoms with Crippen molar-refractivity contribution in [1.82, 2.24) is 14.7 Å². The fourth-order valence-electron chi connectivity index (χ4n) is 2.77. The van der Waals surface area contributed by atoms with Gasteiger partial charge in [0.25, 0.3) is 0 Å². The summed E-state index contributed by atoms with van der Waals surface area (Å²) in [5.74, 6) is -0.971. The normalized spacial score (nSPS) is 22.3. The van der Waals surface area contributed by atoms with Gasteiger partial charge in [-0.15, -0.1) is 0 Å². The van der Waals surface area contributed by atoms with Crippen molar-refractivity contribution in [1.29, 1.82) is 0 Å². The SMILES string of the molecule is Cc1nn(C)c(C)c1CN1CCS(=O)(=O)CC1CC(=O)O. The van der Waals surface area contributed by atoms with Crippen LogP contribution in [0.25, 0.3) is 0 Å². The molecule has 1 atom stereocenters. The molecule has 7 nitrogen and oxygen atoms in total. The second-order valence-corrected chi connectivity index (χ2v) is 7.84. The van der Waals surface area contributed by atoms with Gasteiger partial charge in [0, 0.05) is 37.4 Å². The lowest BCUT2D eigenvalue weighted by molar-refractivity contribution is -0.138. The van der Waals surface area contributed by atoms with E-state index in [4.69, 9.17) is 5.11 Å². The lowest BCUT2D eigenvalue weighted by atomic mass is 10.1. The molecular formula is C13H21N3O4S. The van der Waals surface area contributed by atoms with Gasteiger partial charge >= 0.3 is 5.97 Å². The van der Waals surface area contributed by atoms with Crippen LogP contribution in [-0.2, 0) is 28.2 Å². The molecule has 1 N–H and O–H groups in total. The van der Waals surface area contributed by atoms with E-state index in [1.165, 1.54) is 0 Å². The number of hydrogen-bond acceptors (Lipinski definition) is 5. The number of nitrogens with zero attached hydrogens (tertiary/aromatic N) is 3. The summed E-state index contributed by atoms with van der Waals surface area (Å²) >= 11 is 0. The van der Waals surface area contributed by atoms with E-state index in [-0.39, 0.29) is 17.9 Å². The predicted octanol–water partition coefficient (Wildman–Crippen LogP) is 0.111. The molecule has 1 aliphatic rings. The molecule has 0 bridgehead atoms. The maximum absolute atomic E-state index is 11.7. The van der Waals surface area contributed by atoms with Crippen molar-refractivity contribution in [2.75, 3.05) is 18.1 Å². The summed E-state index contributed by atoms with van der Waals surface area (Å²) in [6.07, 6.45) is -0.155. The number of carboxylic acids is 1. The fourth-order valence-corrected chi connectivity index (χ4v) is 4.36. The predicted molar refractivity (Wildman–Crippen MR) is 77.8 cm³/mol. The van der Waals surface area contributed by atoms with Crippen LogP contribution in [0.15, 0.2) is 0 Å². The van der Waals surface area contributed by atoms with Crippen molar-refractivity contribution in [2.45, 2.75) is 32.9 Å². The van der Waals surface area contributed by atoms with E-state index >= 15 is 0 Å². The molecule has 0 spiro atoms. The van der Waals surface area contributed by atoms with Crippen LogP contribution in [0.4, 0.5) is 0 Å². The Balaban J connectivity index is 2.22. The van der Waals surface area contributed by atoms with Crippen LogP contribution in [0.3, 0.4) is 0 Å². The second-order valence-electron chi connectivity index (χ2n) is 5.61. The highest BCUT2D eigenvalue weighted by molar-refractivity contribution is 7.91. The third kappa shape index (κ3) is 3.62. The Kier molecular flexibility index (Phi) is 4.38. The van der Waals surface area contributed by atoms with E-state index in [1.54, 1.807) is 4.68 Å². The van der Waals surface area contributed by atoms with Crippen molar-refractivity contribution in [2.24, 2.45) is 7.05 Å². The summed E-state index contributed by atoms with van der Waals surface area (Å²) in [4.78, 5) is 12.9. The molecule has 2 heterocycles. The van der Waals surface area contributed by atoms with Crippen LogP contribution in [0, 0.1) is 13.8 Å². The minimum atomic E-state index is -3.14. The molecule has 1 fully saturated rings. The van der Waals surface area contributed by atoms with Gasteiger partial charge in [-0.25, -0.2) is 8.42 Å². The maximum Gasteiger partial charge on any atom is 0.304 e. The first-order valence-corrected chi connectivity index (χ1v) is 8.67. The van der Waals surface area contributed by atoms with Crippen molar-refractivity contribution in [3.05, 3.63) is 17.0 Å². The number of sulfone groups is 1. The highest BCUT2D eigenvalue weighted by Crippen LogP contribution is 2.21. The molecule has 0 amide bonds. The van der Waals surface area contributed by atoms with Crippen LogP contribution in [-0.4, -0.2) is 58.3 Å². The van der Waals surface area contributed by atoms with E-state index in [9.17, 15) is 13.2 Å². The number of aryl methyl sites for hydroxylation is 2. The topological polar surface area (TPSA) is 92.5 Å². The van der Waals surface area contributed by atoms with Gasteiger partial charge in [-0.2, -0.15) is 5.10 Å². The van der Waals surface area contributed by atoms with Gasteiger partial charge in [0.05, 0.1) is 23.6 Å². The standard InChI is InChI=1S/C13H21N3O4S/c1-9-12(10(2)15(3)14-9)7-16-4-5-21(19,20)8-11(16)6-13(17)18/h11H,4-8H2,1-3H3,(H,17,18). The molecule has 1 aliphatic heterocycles. The van der Waals surface area contributed by atoms with Gasteiger partial charge in [-0.3, -0.25) is 14.4 Å². The molecule has 0 aromatic carbocycles. The number of rotatable bonds is 4. The molecule has 8 heteroatoms. The lowest BCUT2D eigenvalue weighted by Gasteiger charge is -2.34. The van der Waals surface area contributed by atoms with Gasteiger partial charge in [-0.05, 0) is 13.8 Å². The van der Waals surface area contributed by atoms with Crippen LogP contribution < -0.4 is 0 Å². The first-order chi connectivity index (χ1) is 9.69. The van der Waals surface area contributed by atoms with Crippen molar-refractivity contribution in [3.8, 4) is 0 Å². The van der Waals surface area contributed by atoms with E-state index in [0.717, 1.165) is 17.0 Å². The van der Waals surface area contributed by atoms with E-state index in [2.05, 4.69) is 5.10 Å². The number of carbonyl (C=O) groups is 1. The van der Waals surface area contributed by atoms with Crippen molar-refractivity contribution < 1.29 is 18.3 Å². The monoisotopic (exact) mass is 315 g/mol. The fraction of sp³-hybridized carbons (Fsp3) is 0.692. The molecule has 0 radical (unpaired) electrons. The zero-order chi connectivity index (χ0) is 15.8. The zero-order valence-electron chi connectivity index (χ0n) is 12.5. The third-order valence-electron chi connectivity index (χ3n) is 4.08. The second kappa shape index (κ2) is 5.76. The summed E-state index contributed by atoms with van der Waals surface area (Å²) in [5, 5.41) is 13.3. The van der Waals surface area contributed by atoms with Crippen LogP contribution in [0.1, 0.15) is 23.4 Å². The molecule has 1 unspecified atom stereocenters. The van der Waals surface area contributed by atoms with E-state index in [0.29, 0.717) is 13.1 Å². The van der Waals surface area contributed by atoms with Crippen molar-refractivity contribution >= 4 is 15.8 Å². The smallest absolute Gasteiger partial charge is 0.304 e. The highest BCUT2D eigenvalue weighted by atomic mass is 32.2. The Labute approximate surface area is 124 Å².